The molecular weight excluding hydrogens is 269 g/mol. The Kier molecular flexibility index (Phi) is 4.48. The summed E-state index contributed by atoms with van der Waals surface area (Å²) >= 11 is 2.95. The van der Waals surface area contributed by atoms with Crippen molar-refractivity contribution in [2.45, 2.75) is 6.92 Å². The summed E-state index contributed by atoms with van der Waals surface area (Å²) in [5, 5.41) is 0. The zero-order valence-electron chi connectivity index (χ0n) is 8.00. The Hall–Kier alpha value is -1.17. The first-order valence-electron chi connectivity index (χ1n) is 4.24. The molecule has 0 bridgehead atoms. The summed E-state index contributed by atoms with van der Waals surface area (Å²) < 4.78 is 22.7. The zero-order valence-corrected chi connectivity index (χ0v) is 9.58. The van der Waals surface area contributed by atoms with Crippen LogP contribution in [0.4, 0.5) is 4.39 Å². The molecule has 0 aromatic carbocycles. The molecule has 0 aliphatic rings. The molecule has 1 aromatic heterocycles. The highest BCUT2D eigenvalue weighted by Gasteiger charge is 2.06. The Morgan fingerprint density at radius 3 is 2.93 bits per heavy atom. The van der Waals surface area contributed by atoms with Crippen LogP contribution in [0.2, 0.25) is 0 Å². The number of esters is 1. The van der Waals surface area contributed by atoms with Gasteiger partial charge in [-0.15, -0.1) is 0 Å². The van der Waals surface area contributed by atoms with Gasteiger partial charge in [0.1, 0.15) is 0 Å². The summed E-state index contributed by atoms with van der Waals surface area (Å²) in [6.45, 7) is 1.70. The lowest BCUT2D eigenvalue weighted by molar-refractivity contribution is -0.145. The van der Waals surface area contributed by atoms with Crippen LogP contribution in [-0.4, -0.2) is 24.2 Å². The third-order valence-corrected chi connectivity index (χ3v) is 2.01. The van der Waals surface area contributed by atoms with E-state index in [1.807, 2.05) is 0 Å². The minimum absolute atomic E-state index is 0.0451. The van der Waals surface area contributed by atoms with Crippen LogP contribution in [0.5, 0.6) is 5.88 Å². The number of pyridine rings is 1. The first kappa shape index (κ1) is 11.9. The van der Waals surface area contributed by atoms with Crippen molar-refractivity contribution < 1.29 is 18.7 Å². The summed E-state index contributed by atoms with van der Waals surface area (Å²) in [7, 11) is 0. The average Bonchev–Trinajstić information content (AvgIpc) is 2.20. The van der Waals surface area contributed by atoms with Crippen LogP contribution in [0.1, 0.15) is 6.92 Å². The average molecular weight is 278 g/mol. The highest BCUT2D eigenvalue weighted by molar-refractivity contribution is 9.10. The molecule has 0 radical (unpaired) electrons. The number of hydrogen-bond acceptors (Lipinski definition) is 4. The molecule has 0 unspecified atom stereocenters. The van der Waals surface area contributed by atoms with Crippen molar-refractivity contribution in [1.29, 1.82) is 0 Å². The van der Waals surface area contributed by atoms with E-state index in [1.54, 1.807) is 6.92 Å². The minimum atomic E-state index is -0.684. The number of carbonyl (C=O) groups excluding carboxylic acids is 1. The van der Waals surface area contributed by atoms with Gasteiger partial charge in [0, 0.05) is 6.07 Å². The molecule has 0 fully saturated rings. The lowest BCUT2D eigenvalue weighted by atomic mass is 10.5. The summed E-state index contributed by atoms with van der Waals surface area (Å²) in [6, 6.07) is 2.90. The van der Waals surface area contributed by atoms with Gasteiger partial charge in [0.2, 0.25) is 11.8 Å². The van der Waals surface area contributed by atoms with Gasteiger partial charge >= 0.3 is 5.97 Å². The number of nitrogens with zero attached hydrogens (tertiary/aromatic N) is 1. The monoisotopic (exact) mass is 277 g/mol. The van der Waals surface area contributed by atoms with Crippen LogP contribution < -0.4 is 4.74 Å². The van der Waals surface area contributed by atoms with E-state index in [9.17, 15) is 9.18 Å². The molecule has 82 valence electrons. The summed E-state index contributed by atoms with van der Waals surface area (Å²) in [5.74, 6) is -1.15. The maximum atomic E-state index is 12.9. The number of carbonyl (C=O) groups is 1. The van der Waals surface area contributed by atoms with Gasteiger partial charge in [0.15, 0.2) is 6.61 Å². The first-order chi connectivity index (χ1) is 7.13. The topological polar surface area (TPSA) is 48.4 Å². The lowest BCUT2D eigenvalue weighted by Crippen LogP contribution is -2.15. The van der Waals surface area contributed by atoms with Crippen molar-refractivity contribution in [3.8, 4) is 5.88 Å². The van der Waals surface area contributed by atoms with Gasteiger partial charge in [-0.2, -0.15) is 9.37 Å². The molecule has 15 heavy (non-hydrogen) atoms. The van der Waals surface area contributed by atoms with Crippen LogP contribution in [0.15, 0.2) is 16.6 Å². The highest BCUT2D eigenvalue weighted by Crippen LogP contribution is 2.16. The van der Waals surface area contributed by atoms with Gasteiger partial charge in [-0.25, -0.2) is 4.79 Å². The first-order valence-corrected chi connectivity index (χ1v) is 5.03. The molecule has 1 heterocycles. The molecule has 4 nitrogen and oxygen atoms in total. The SMILES string of the molecule is CCOC(=O)COc1ccc(Br)c(F)n1. The number of hydrogen-bond donors (Lipinski definition) is 0. The predicted molar refractivity (Wildman–Crippen MR) is 54.0 cm³/mol. The fourth-order valence-corrected chi connectivity index (χ4v) is 1.04. The van der Waals surface area contributed by atoms with Gasteiger partial charge in [-0.3, -0.25) is 0 Å². The standard InChI is InChI=1S/C9H9BrFNO3/c1-2-14-8(13)5-15-7-4-3-6(10)9(11)12-7/h3-4H,2,5H2,1H3. The maximum absolute atomic E-state index is 12.9. The molecule has 0 aliphatic carbocycles. The van der Waals surface area contributed by atoms with Crippen LogP contribution in [0, 0.1) is 5.95 Å². The Balaban J connectivity index is 2.51. The zero-order chi connectivity index (χ0) is 11.3. The van der Waals surface area contributed by atoms with E-state index < -0.39 is 11.9 Å². The molecule has 0 saturated carbocycles. The van der Waals surface area contributed by atoms with Crippen LogP contribution in [-0.2, 0) is 9.53 Å². The van der Waals surface area contributed by atoms with Gasteiger partial charge < -0.3 is 9.47 Å². The van der Waals surface area contributed by atoms with Crippen molar-refractivity contribution >= 4 is 21.9 Å². The molecule has 0 saturated heterocycles. The van der Waals surface area contributed by atoms with Gasteiger partial charge in [-0.05, 0) is 28.9 Å². The molecule has 0 atom stereocenters. The van der Waals surface area contributed by atoms with E-state index >= 15 is 0 Å². The van der Waals surface area contributed by atoms with Crippen LogP contribution >= 0.6 is 15.9 Å². The molecule has 6 heteroatoms. The molecule has 0 aliphatic heterocycles. The Bertz CT molecular complexity index is 359. The summed E-state index contributed by atoms with van der Waals surface area (Å²) in [6.07, 6.45) is 0. The number of ether oxygens (including phenoxy) is 2. The quantitative estimate of drug-likeness (QED) is 0.623. The fourth-order valence-electron chi connectivity index (χ4n) is 0.817. The minimum Gasteiger partial charge on any atom is -0.466 e. The van der Waals surface area contributed by atoms with Gasteiger partial charge in [0.25, 0.3) is 0 Å². The van der Waals surface area contributed by atoms with Crippen LogP contribution in [0.25, 0.3) is 0 Å². The van der Waals surface area contributed by atoms with E-state index in [0.29, 0.717) is 0 Å². The Morgan fingerprint density at radius 2 is 2.33 bits per heavy atom. The second-order valence-electron chi connectivity index (χ2n) is 2.52. The van der Waals surface area contributed by atoms with E-state index in [4.69, 9.17) is 4.74 Å². The highest BCUT2D eigenvalue weighted by atomic mass is 79.9. The number of halogens is 2. The summed E-state index contributed by atoms with van der Waals surface area (Å²) in [5.41, 5.74) is 0. The van der Waals surface area contributed by atoms with Crippen molar-refractivity contribution in [2.75, 3.05) is 13.2 Å². The van der Waals surface area contributed by atoms with Gasteiger partial charge in [0.05, 0.1) is 11.1 Å². The third kappa shape index (κ3) is 3.83. The Labute approximate surface area is 94.5 Å². The number of aromatic nitrogens is 1. The van der Waals surface area contributed by atoms with Crippen LogP contribution in [0.3, 0.4) is 0 Å². The molecule has 1 rings (SSSR count). The third-order valence-electron chi connectivity index (χ3n) is 1.42. The van der Waals surface area contributed by atoms with E-state index in [-0.39, 0.29) is 23.6 Å². The molecule has 0 N–H and O–H groups in total. The van der Waals surface area contributed by atoms with Crippen molar-refractivity contribution in [1.82, 2.24) is 4.98 Å². The van der Waals surface area contributed by atoms with E-state index in [0.717, 1.165) is 0 Å². The summed E-state index contributed by atoms with van der Waals surface area (Å²) in [4.78, 5) is 14.4. The van der Waals surface area contributed by atoms with E-state index in [2.05, 4.69) is 25.7 Å². The van der Waals surface area contributed by atoms with Crippen molar-refractivity contribution in [3.63, 3.8) is 0 Å². The molecule has 1 aromatic rings. The molecular formula is C9H9BrFNO3. The maximum Gasteiger partial charge on any atom is 0.344 e. The fraction of sp³-hybridized carbons (Fsp3) is 0.333. The molecule has 0 amide bonds. The smallest absolute Gasteiger partial charge is 0.344 e. The van der Waals surface area contributed by atoms with Gasteiger partial charge in [-0.1, -0.05) is 0 Å². The number of rotatable bonds is 4. The normalized spacial score (nSPS) is 9.80. The lowest BCUT2D eigenvalue weighted by Gasteiger charge is -2.04. The predicted octanol–water partition coefficient (Wildman–Crippen LogP) is 1.93. The Morgan fingerprint density at radius 1 is 1.60 bits per heavy atom. The van der Waals surface area contributed by atoms with E-state index in [1.165, 1.54) is 12.1 Å². The largest absolute Gasteiger partial charge is 0.466 e. The second-order valence-corrected chi connectivity index (χ2v) is 3.37. The van der Waals surface area contributed by atoms with Crippen molar-refractivity contribution in [2.24, 2.45) is 0 Å². The molecule has 0 spiro atoms. The van der Waals surface area contributed by atoms with Crippen molar-refractivity contribution in [3.05, 3.63) is 22.6 Å². The second kappa shape index (κ2) is 5.65.